The van der Waals surface area contributed by atoms with Crippen LogP contribution in [-0.4, -0.2) is 41.2 Å². The molecule has 0 aliphatic carbocycles. The number of piperidine rings is 1. The molecule has 0 bridgehead atoms. The smallest absolute Gasteiger partial charge is 0.227 e. The maximum atomic E-state index is 13.0. The van der Waals surface area contributed by atoms with Crippen LogP contribution < -0.4 is 4.74 Å². The average Bonchev–Trinajstić information content (AvgIpc) is 2.65. The van der Waals surface area contributed by atoms with E-state index in [0.29, 0.717) is 18.9 Å². The highest BCUT2D eigenvalue weighted by molar-refractivity contribution is 5.78. The molecule has 1 amide bonds. The van der Waals surface area contributed by atoms with Crippen LogP contribution in [0.1, 0.15) is 37.3 Å². The molecule has 4 nitrogen and oxygen atoms in total. The summed E-state index contributed by atoms with van der Waals surface area (Å²) >= 11 is 0. The molecule has 0 saturated carbocycles. The van der Waals surface area contributed by atoms with E-state index in [9.17, 15) is 14.3 Å². The van der Waals surface area contributed by atoms with E-state index >= 15 is 0 Å². The number of carbonyl (C=O) groups is 1. The summed E-state index contributed by atoms with van der Waals surface area (Å²) in [4.78, 5) is 14.1. The zero-order chi connectivity index (χ0) is 19.4. The van der Waals surface area contributed by atoms with E-state index in [0.717, 1.165) is 11.3 Å². The lowest BCUT2D eigenvalue weighted by Gasteiger charge is -2.36. The summed E-state index contributed by atoms with van der Waals surface area (Å²) in [6.07, 6.45) is -0.294. The van der Waals surface area contributed by atoms with Gasteiger partial charge in [-0.25, -0.2) is 4.39 Å². The average molecular weight is 371 g/mol. The quantitative estimate of drug-likeness (QED) is 0.875. The van der Waals surface area contributed by atoms with Gasteiger partial charge in [0, 0.05) is 13.0 Å². The second kappa shape index (κ2) is 8.53. The van der Waals surface area contributed by atoms with Gasteiger partial charge in [-0.2, -0.15) is 0 Å². The first kappa shape index (κ1) is 19.4. The molecule has 0 spiro atoms. The lowest BCUT2D eigenvalue weighted by atomic mass is 10.0. The molecule has 3 rings (SSSR count). The number of hydrogen-bond donors (Lipinski definition) is 1. The van der Waals surface area contributed by atoms with Crippen molar-refractivity contribution in [3.8, 4) is 5.75 Å². The summed E-state index contributed by atoms with van der Waals surface area (Å²) in [7, 11) is 0. The minimum Gasteiger partial charge on any atom is -0.488 e. The minimum absolute atomic E-state index is 0.0686. The van der Waals surface area contributed by atoms with Crippen molar-refractivity contribution < 1.29 is 19.0 Å². The number of rotatable bonds is 5. The van der Waals surface area contributed by atoms with E-state index in [4.69, 9.17) is 4.74 Å². The first-order valence-corrected chi connectivity index (χ1v) is 9.39. The van der Waals surface area contributed by atoms with Crippen LogP contribution in [0, 0.1) is 5.82 Å². The lowest BCUT2D eigenvalue weighted by molar-refractivity contribution is -0.136. The summed E-state index contributed by atoms with van der Waals surface area (Å²) in [5.74, 6) is 0.766. The first-order valence-electron chi connectivity index (χ1n) is 9.39. The van der Waals surface area contributed by atoms with Crippen molar-refractivity contribution in [3.05, 3.63) is 65.5 Å². The number of carbonyl (C=O) groups excluding carboxylic acids is 1. The molecule has 2 aromatic carbocycles. The fraction of sp³-hybridized carbons (Fsp3) is 0.409. The molecule has 2 atom stereocenters. The molecule has 1 fully saturated rings. The van der Waals surface area contributed by atoms with E-state index in [1.807, 2.05) is 18.2 Å². The highest BCUT2D eigenvalue weighted by Gasteiger charge is 2.31. The van der Waals surface area contributed by atoms with Crippen molar-refractivity contribution in [2.24, 2.45) is 0 Å². The SMILES string of the molecule is CC(C)c1cccc(O[C@@H]2CCN(C(=O)Cc3ccc(F)cc3)C[C@H]2O)c1. The molecule has 1 aliphatic rings. The van der Waals surface area contributed by atoms with Crippen LogP contribution in [0.2, 0.25) is 0 Å². The number of benzene rings is 2. The fourth-order valence-corrected chi connectivity index (χ4v) is 3.28. The maximum Gasteiger partial charge on any atom is 0.227 e. The number of aliphatic hydroxyl groups excluding tert-OH is 1. The van der Waals surface area contributed by atoms with E-state index in [2.05, 4.69) is 19.9 Å². The Kier molecular flexibility index (Phi) is 6.11. The maximum absolute atomic E-state index is 13.0. The van der Waals surface area contributed by atoms with Crippen LogP contribution in [-0.2, 0) is 11.2 Å². The molecular weight excluding hydrogens is 345 g/mol. The summed E-state index contributed by atoms with van der Waals surface area (Å²) in [5.41, 5.74) is 1.95. The van der Waals surface area contributed by atoms with Crippen molar-refractivity contribution in [1.82, 2.24) is 4.90 Å². The molecule has 5 heteroatoms. The topological polar surface area (TPSA) is 49.8 Å². The molecule has 1 aliphatic heterocycles. The third-order valence-corrected chi connectivity index (χ3v) is 4.95. The Hall–Kier alpha value is -2.40. The van der Waals surface area contributed by atoms with Crippen LogP contribution in [0.15, 0.2) is 48.5 Å². The van der Waals surface area contributed by atoms with Crippen molar-refractivity contribution in [1.29, 1.82) is 0 Å². The van der Waals surface area contributed by atoms with Gasteiger partial charge in [-0.05, 0) is 41.3 Å². The molecular formula is C22H26FNO3. The zero-order valence-corrected chi connectivity index (χ0v) is 15.8. The van der Waals surface area contributed by atoms with E-state index in [1.54, 1.807) is 17.0 Å². The van der Waals surface area contributed by atoms with E-state index in [-0.39, 0.29) is 30.8 Å². The van der Waals surface area contributed by atoms with Crippen molar-refractivity contribution in [2.75, 3.05) is 13.1 Å². The van der Waals surface area contributed by atoms with Crippen LogP contribution in [0.3, 0.4) is 0 Å². The molecule has 0 unspecified atom stereocenters. The summed E-state index contributed by atoms with van der Waals surface area (Å²) in [5, 5.41) is 10.5. The zero-order valence-electron chi connectivity index (χ0n) is 15.8. The largest absolute Gasteiger partial charge is 0.488 e. The van der Waals surface area contributed by atoms with Crippen molar-refractivity contribution in [3.63, 3.8) is 0 Å². The fourth-order valence-electron chi connectivity index (χ4n) is 3.28. The van der Waals surface area contributed by atoms with Crippen molar-refractivity contribution >= 4 is 5.91 Å². The van der Waals surface area contributed by atoms with Gasteiger partial charge in [0.2, 0.25) is 5.91 Å². The summed E-state index contributed by atoms with van der Waals surface area (Å²) in [6.45, 7) is 5.03. The molecule has 144 valence electrons. The number of nitrogens with zero attached hydrogens (tertiary/aromatic N) is 1. The van der Waals surface area contributed by atoms with Gasteiger partial charge in [-0.15, -0.1) is 0 Å². The Labute approximate surface area is 159 Å². The monoisotopic (exact) mass is 371 g/mol. The summed E-state index contributed by atoms with van der Waals surface area (Å²) < 4.78 is 19.0. The van der Waals surface area contributed by atoms with Crippen LogP contribution >= 0.6 is 0 Å². The van der Waals surface area contributed by atoms with Crippen LogP contribution in [0.4, 0.5) is 4.39 Å². The number of aliphatic hydroxyl groups is 1. The van der Waals surface area contributed by atoms with Crippen LogP contribution in [0.5, 0.6) is 5.75 Å². The Morgan fingerprint density at radius 1 is 1.26 bits per heavy atom. The van der Waals surface area contributed by atoms with Gasteiger partial charge >= 0.3 is 0 Å². The Balaban J connectivity index is 1.56. The predicted octanol–water partition coefficient (Wildman–Crippen LogP) is 3.53. The number of β-amino-alcohol motifs (C(OH)–C–C–N with tert-alkyl or cyclic N) is 1. The van der Waals surface area contributed by atoms with Gasteiger partial charge < -0.3 is 14.7 Å². The van der Waals surface area contributed by atoms with Gasteiger partial charge in [0.1, 0.15) is 23.8 Å². The first-order chi connectivity index (χ1) is 12.9. The van der Waals surface area contributed by atoms with Gasteiger partial charge in [-0.3, -0.25) is 4.79 Å². The highest BCUT2D eigenvalue weighted by Crippen LogP contribution is 2.24. The van der Waals surface area contributed by atoms with Gasteiger partial charge in [0.15, 0.2) is 0 Å². The lowest BCUT2D eigenvalue weighted by Crippen LogP contribution is -2.51. The van der Waals surface area contributed by atoms with Gasteiger partial charge in [-0.1, -0.05) is 38.1 Å². The third kappa shape index (κ3) is 5.07. The molecule has 0 aromatic heterocycles. The molecule has 0 radical (unpaired) electrons. The van der Waals surface area contributed by atoms with Crippen molar-refractivity contribution in [2.45, 2.75) is 44.8 Å². The van der Waals surface area contributed by atoms with Gasteiger partial charge in [0.05, 0.1) is 13.0 Å². The molecule has 1 saturated heterocycles. The predicted molar refractivity (Wildman–Crippen MR) is 102 cm³/mol. The van der Waals surface area contributed by atoms with Crippen LogP contribution in [0.25, 0.3) is 0 Å². The van der Waals surface area contributed by atoms with E-state index in [1.165, 1.54) is 17.7 Å². The standard InChI is InChI=1S/C22H26FNO3/c1-15(2)17-4-3-5-19(13-17)27-21-10-11-24(14-20(21)25)22(26)12-16-6-8-18(23)9-7-16/h3-9,13,15,20-21,25H,10-12,14H2,1-2H3/t20-,21-/m1/s1. The van der Waals surface area contributed by atoms with Gasteiger partial charge in [0.25, 0.3) is 0 Å². The molecule has 27 heavy (non-hydrogen) atoms. The number of hydrogen-bond acceptors (Lipinski definition) is 3. The minimum atomic E-state index is -0.737. The van der Waals surface area contributed by atoms with E-state index < -0.39 is 6.10 Å². The number of ether oxygens (including phenoxy) is 1. The Morgan fingerprint density at radius 2 is 2.00 bits per heavy atom. The molecule has 1 heterocycles. The number of amides is 1. The second-order valence-corrected chi connectivity index (χ2v) is 7.38. The number of halogens is 1. The highest BCUT2D eigenvalue weighted by atomic mass is 19.1. The molecule has 1 N–H and O–H groups in total. The summed E-state index contributed by atoms with van der Waals surface area (Å²) in [6, 6.07) is 13.8. The molecule has 2 aromatic rings. The number of likely N-dealkylation sites (tertiary alicyclic amines) is 1. The Morgan fingerprint density at radius 3 is 2.67 bits per heavy atom. The normalized spacial score (nSPS) is 20.0. The second-order valence-electron chi connectivity index (χ2n) is 7.38. The Bertz CT molecular complexity index is 775. The third-order valence-electron chi connectivity index (χ3n) is 4.95.